The number of aliphatic hydroxyl groups is 1. The van der Waals surface area contributed by atoms with Crippen LogP contribution in [0.25, 0.3) is 5.76 Å². The summed E-state index contributed by atoms with van der Waals surface area (Å²) in [6.07, 6.45) is 8.04. The molecule has 0 radical (unpaired) electrons. The number of rotatable bonds is 0. The quantitative estimate of drug-likeness (QED) is 0.628. The Morgan fingerprint density at radius 1 is 1.42 bits per heavy atom. The lowest BCUT2D eigenvalue weighted by Gasteiger charge is -2.02. The molecular formula is C10H9NO. The monoisotopic (exact) mass is 159 g/mol. The molecule has 0 atom stereocenters. The van der Waals surface area contributed by atoms with Crippen molar-refractivity contribution < 1.29 is 5.11 Å². The van der Waals surface area contributed by atoms with Crippen LogP contribution in [0.2, 0.25) is 0 Å². The van der Waals surface area contributed by atoms with Crippen molar-refractivity contribution >= 4 is 5.76 Å². The molecule has 0 amide bonds. The summed E-state index contributed by atoms with van der Waals surface area (Å²) in [4.78, 5) is 4.10. The van der Waals surface area contributed by atoms with E-state index >= 15 is 0 Å². The largest absolute Gasteiger partial charge is 0.506 e. The Labute approximate surface area is 70.9 Å². The van der Waals surface area contributed by atoms with Gasteiger partial charge in [-0.15, -0.1) is 0 Å². The van der Waals surface area contributed by atoms with Crippen LogP contribution in [0.3, 0.4) is 0 Å². The molecule has 2 rings (SSSR count). The smallest absolute Gasteiger partial charge is 0.141 e. The first-order valence-electron chi connectivity index (χ1n) is 3.88. The molecule has 1 aromatic rings. The maximum Gasteiger partial charge on any atom is 0.141 e. The molecule has 2 heteroatoms. The zero-order valence-corrected chi connectivity index (χ0v) is 6.57. The molecule has 1 aliphatic rings. The van der Waals surface area contributed by atoms with E-state index in [4.69, 9.17) is 0 Å². The summed E-state index contributed by atoms with van der Waals surface area (Å²) in [6, 6.07) is 3.85. The van der Waals surface area contributed by atoms with E-state index in [9.17, 15) is 5.11 Å². The van der Waals surface area contributed by atoms with Gasteiger partial charge in [0.15, 0.2) is 0 Å². The molecule has 1 aliphatic carbocycles. The number of aromatic nitrogens is 1. The van der Waals surface area contributed by atoms with Crippen LogP contribution in [0.1, 0.15) is 11.3 Å². The van der Waals surface area contributed by atoms with Crippen LogP contribution in [-0.2, 0) is 6.42 Å². The normalized spacial score (nSPS) is 14.8. The van der Waals surface area contributed by atoms with Gasteiger partial charge in [0.2, 0.25) is 0 Å². The molecule has 0 spiro atoms. The Hall–Kier alpha value is -1.57. The van der Waals surface area contributed by atoms with Gasteiger partial charge < -0.3 is 5.11 Å². The molecule has 0 fully saturated rings. The summed E-state index contributed by atoms with van der Waals surface area (Å²) in [7, 11) is 0. The lowest BCUT2D eigenvalue weighted by atomic mass is 10.1. The standard InChI is InChI=1S/C10H9NO/c12-9-6-2-1-4-8-5-3-7-11-10(8)9/h1-3,5-7,12H,4H2. The number of hydrogen-bond donors (Lipinski definition) is 1. The summed E-state index contributed by atoms with van der Waals surface area (Å²) in [6.45, 7) is 0. The van der Waals surface area contributed by atoms with Gasteiger partial charge in [-0.25, -0.2) is 0 Å². The van der Waals surface area contributed by atoms with Crippen molar-refractivity contribution in [2.45, 2.75) is 6.42 Å². The van der Waals surface area contributed by atoms with Gasteiger partial charge in [-0.2, -0.15) is 0 Å². The van der Waals surface area contributed by atoms with Crippen LogP contribution >= 0.6 is 0 Å². The number of allylic oxidation sites excluding steroid dienone is 3. The predicted octanol–water partition coefficient (Wildman–Crippen LogP) is 2.09. The third-order valence-electron chi connectivity index (χ3n) is 1.86. The van der Waals surface area contributed by atoms with Gasteiger partial charge in [0.25, 0.3) is 0 Å². The first-order valence-corrected chi connectivity index (χ1v) is 3.88. The van der Waals surface area contributed by atoms with Crippen molar-refractivity contribution in [2.75, 3.05) is 0 Å². The third kappa shape index (κ3) is 1.11. The van der Waals surface area contributed by atoms with Crippen LogP contribution in [0.4, 0.5) is 0 Å². The molecule has 2 nitrogen and oxygen atoms in total. The van der Waals surface area contributed by atoms with E-state index in [-0.39, 0.29) is 5.76 Å². The fourth-order valence-corrected chi connectivity index (χ4v) is 1.27. The van der Waals surface area contributed by atoms with Crippen molar-refractivity contribution in [1.82, 2.24) is 4.98 Å². The molecule has 0 bridgehead atoms. The van der Waals surface area contributed by atoms with Crippen molar-refractivity contribution in [1.29, 1.82) is 0 Å². The van der Waals surface area contributed by atoms with Crippen LogP contribution < -0.4 is 0 Å². The van der Waals surface area contributed by atoms with Crippen molar-refractivity contribution in [3.05, 3.63) is 47.8 Å². The maximum atomic E-state index is 9.49. The molecule has 0 saturated heterocycles. The van der Waals surface area contributed by atoms with E-state index in [0.717, 1.165) is 12.0 Å². The molecule has 1 N–H and O–H groups in total. The number of hydrogen-bond acceptors (Lipinski definition) is 2. The number of nitrogens with zero attached hydrogens (tertiary/aromatic N) is 1. The minimum absolute atomic E-state index is 0.249. The highest BCUT2D eigenvalue weighted by Crippen LogP contribution is 2.17. The van der Waals surface area contributed by atoms with Gasteiger partial charge in [0.05, 0.1) is 0 Å². The van der Waals surface area contributed by atoms with E-state index < -0.39 is 0 Å². The fourth-order valence-electron chi connectivity index (χ4n) is 1.27. The first-order chi connectivity index (χ1) is 5.88. The zero-order valence-electron chi connectivity index (χ0n) is 6.57. The molecule has 0 unspecified atom stereocenters. The number of fused-ring (bicyclic) bond motifs is 1. The van der Waals surface area contributed by atoms with Gasteiger partial charge in [0.1, 0.15) is 11.5 Å². The molecule has 1 heterocycles. The summed E-state index contributed by atoms with van der Waals surface area (Å²) < 4.78 is 0. The molecule has 12 heavy (non-hydrogen) atoms. The Balaban J connectivity index is 2.58. The zero-order chi connectivity index (χ0) is 8.39. The lowest BCUT2D eigenvalue weighted by molar-refractivity contribution is 0.508. The molecular weight excluding hydrogens is 150 g/mol. The highest BCUT2D eigenvalue weighted by molar-refractivity contribution is 5.61. The first kappa shape index (κ1) is 7.10. The van der Waals surface area contributed by atoms with Gasteiger partial charge >= 0.3 is 0 Å². The summed E-state index contributed by atoms with van der Waals surface area (Å²) >= 11 is 0. The van der Waals surface area contributed by atoms with Crippen molar-refractivity contribution in [3.63, 3.8) is 0 Å². The van der Waals surface area contributed by atoms with Crippen LogP contribution in [0.5, 0.6) is 0 Å². The average molecular weight is 159 g/mol. The van der Waals surface area contributed by atoms with E-state index in [1.54, 1.807) is 12.3 Å². The molecule has 1 aromatic heterocycles. The lowest BCUT2D eigenvalue weighted by Crippen LogP contribution is -1.93. The van der Waals surface area contributed by atoms with Gasteiger partial charge in [-0.1, -0.05) is 18.2 Å². The molecule has 0 aliphatic heterocycles. The minimum Gasteiger partial charge on any atom is -0.506 e. The molecule has 60 valence electrons. The Kier molecular flexibility index (Phi) is 1.67. The average Bonchev–Trinajstić information content (AvgIpc) is 2.29. The van der Waals surface area contributed by atoms with Crippen LogP contribution in [0.15, 0.2) is 36.6 Å². The summed E-state index contributed by atoms with van der Waals surface area (Å²) in [5, 5.41) is 9.49. The van der Waals surface area contributed by atoms with E-state index in [0.29, 0.717) is 5.69 Å². The highest BCUT2D eigenvalue weighted by atomic mass is 16.3. The topological polar surface area (TPSA) is 33.1 Å². The Bertz CT molecular complexity index is 353. The van der Waals surface area contributed by atoms with E-state index in [1.807, 2.05) is 24.3 Å². The summed E-state index contributed by atoms with van der Waals surface area (Å²) in [5.74, 6) is 0.249. The summed E-state index contributed by atoms with van der Waals surface area (Å²) in [5.41, 5.74) is 1.77. The third-order valence-corrected chi connectivity index (χ3v) is 1.86. The second kappa shape index (κ2) is 2.81. The van der Waals surface area contributed by atoms with Crippen LogP contribution in [-0.4, -0.2) is 10.1 Å². The molecule has 0 saturated carbocycles. The highest BCUT2D eigenvalue weighted by Gasteiger charge is 2.07. The Morgan fingerprint density at radius 2 is 2.33 bits per heavy atom. The number of aliphatic hydroxyl groups excluding tert-OH is 1. The second-order valence-electron chi connectivity index (χ2n) is 2.70. The fraction of sp³-hybridized carbons (Fsp3) is 0.100. The SMILES string of the molecule is OC1=CC=CCc2cccnc21. The van der Waals surface area contributed by atoms with Gasteiger partial charge in [-0.3, -0.25) is 4.98 Å². The van der Waals surface area contributed by atoms with Gasteiger partial charge in [-0.05, 0) is 24.1 Å². The molecule has 0 aromatic carbocycles. The van der Waals surface area contributed by atoms with E-state index in [2.05, 4.69) is 4.98 Å². The second-order valence-corrected chi connectivity index (χ2v) is 2.70. The predicted molar refractivity (Wildman–Crippen MR) is 47.7 cm³/mol. The van der Waals surface area contributed by atoms with Crippen molar-refractivity contribution in [2.24, 2.45) is 0 Å². The minimum atomic E-state index is 0.249. The Morgan fingerprint density at radius 3 is 3.25 bits per heavy atom. The maximum absolute atomic E-state index is 9.49. The van der Waals surface area contributed by atoms with Crippen LogP contribution in [0, 0.1) is 0 Å². The van der Waals surface area contributed by atoms with E-state index in [1.165, 1.54) is 0 Å². The van der Waals surface area contributed by atoms with Gasteiger partial charge in [0, 0.05) is 6.20 Å². The number of pyridine rings is 1. The van der Waals surface area contributed by atoms with Crippen molar-refractivity contribution in [3.8, 4) is 0 Å².